The van der Waals surface area contributed by atoms with Crippen LogP contribution in [0.2, 0.25) is 0 Å². The average molecular weight is 404 g/mol. The standard InChI is InChI=1S/C19H20N2O8/c1-4-28-17-9-12(14(21(24)25)10-16(17)27-3)19(23)29-11-18(22)20-13-7-5-6-8-15(13)26-2/h5-10H,4,11H2,1-3H3,(H,20,22). The van der Waals surface area contributed by atoms with Crippen LogP contribution < -0.4 is 19.5 Å². The molecule has 0 aliphatic carbocycles. The Bertz CT molecular complexity index is 913. The SMILES string of the molecule is CCOc1cc(C(=O)OCC(=O)Nc2ccccc2OC)c([N+](=O)[O-])cc1OC. The molecule has 0 radical (unpaired) electrons. The number of hydrogen-bond donors (Lipinski definition) is 1. The minimum absolute atomic E-state index is 0.101. The molecule has 10 heteroatoms. The molecule has 0 fully saturated rings. The Labute approximate surface area is 166 Å². The van der Waals surface area contributed by atoms with Crippen LogP contribution in [0.1, 0.15) is 17.3 Å². The Morgan fingerprint density at radius 2 is 1.76 bits per heavy atom. The van der Waals surface area contributed by atoms with Gasteiger partial charge in [0.15, 0.2) is 18.1 Å². The molecule has 0 spiro atoms. The smallest absolute Gasteiger partial charge is 0.345 e. The number of para-hydroxylation sites is 2. The largest absolute Gasteiger partial charge is 0.495 e. The zero-order chi connectivity index (χ0) is 21.4. The monoisotopic (exact) mass is 404 g/mol. The second-order valence-electron chi connectivity index (χ2n) is 5.53. The number of rotatable bonds is 9. The van der Waals surface area contributed by atoms with Crippen molar-refractivity contribution in [2.75, 3.05) is 32.8 Å². The summed E-state index contributed by atoms with van der Waals surface area (Å²) < 4.78 is 20.4. The number of methoxy groups -OCH3 is 2. The summed E-state index contributed by atoms with van der Waals surface area (Å²) in [6, 6.07) is 8.91. The van der Waals surface area contributed by atoms with Crippen molar-refractivity contribution in [3.63, 3.8) is 0 Å². The van der Waals surface area contributed by atoms with E-state index in [1.165, 1.54) is 14.2 Å². The van der Waals surface area contributed by atoms with Crippen LogP contribution in [0, 0.1) is 10.1 Å². The Hall–Kier alpha value is -3.82. The molecule has 0 bridgehead atoms. The number of amides is 1. The molecule has 0 aliphatic rings. The van der Waals surface area contributed by atoms with Crippen LogP contribution in [0.3, 0.4) is 0 Å². The third-order valence-corrected chi connectivity index (χ3v) is 3.71. The normalized spacial score (nSPS) is 10.0. The summed E-state index contributed by atoms with van der Waals surface area (Å²) in [6.07, 6.45) is 0. The van der Waals surface area contributed by atoms with Gasteiger partial charge in [0, 0.05) is 6.07 Å². The summed E-state index contributed by atoms with van der Waals surface area (Å²) >= 11 is 0. The van der Waals surface area contributed by atoms with Gasteiger partial charge in [-0.3, -0.25) is 14.9 Å². The van der Waals surface area contributed by atoms with Crippen LogP contribution in [0.4, 0.5) is 11.4 Å². The molecule has 0 unspecified atom stereocenters. The lowest BCUT2D eigenvalue weighted by Gasteiger charge is -2.12. The van der Waals surface area contributed by atoms with Crippen molar-refractivity contribution in [1.29, 1.82) is 0 Å². The van der Waals surface area contributed by atoms with Gasteiger partial charge in [0.25, 0.3) is 11.6 Å². The fourth-order valence-electron chi connectivity index (χ4n) is 2.43. The number of nitro benzene ring substituents is 1. The van der Waals surface area contributed by atoms with Crippen LogP contribution >= 0.6 is 0 Å². The minimum atomic E-state index is -1.05. The van der Waals surface area contributed by atoms with Gasteiger partial charge in [0.2, 0.25) is 0 Å². The van der Waals surface area contributed by atoms with Gasteiger partial charge in [-0.15, -0.1) is 0 Å². The van der Waals surface area contributed by atoms with Crippen LogP contribution in [0.15, 0.2) is 36.4 Å². The molecule has 29 heavy (non-hydrogen) atoms. The first-order valence-electron chi connectivity index (χ1n) is 8.50. The predicted molar refractivity (Wildman–Crippen MR) is 103 cm³/mol. The first-order valence-corrected chi connectivity index (χ1v) is 8.50. The topological polar surface area (TPSA) is 126 Å². The Morgan fingerprint density at radius 3 is 2.38 bits per heavy atom. The van der Waals surface area contributed by atoms with Gasteiger partial charge in [0.1, 0.15) is 11.3 Å². The highest BCUT2D eigenvalue weighted by Crippen LogP contribution is 2.35. The van der Waals surface area contributed by atoms with E-state index in [4.69, 9.17) is 18.9 Å². The van der Waals surface area contributed by atoms with Gasteiger partial charge in [0.05, 0.1) is 37.5 Å². The van der Waals surface area contributed by atoms with E-state index in [2.05, 4.69) is 5.32 Å². The van der Waals surface area contributed by atoms with E-state index in [0.717, 1.165) is 12.1 Å². The molecule has 1 amide bonds. The van der Waals surface area contributed by atoms with Gasteiger partial charge < -0.3 is 24.3 Å². The molecular weight excluding hydrogens is 384 g/mol. The van der Waals surface area contributed by atoms with Gasteiger partial charge in [-0.1, -0.05) is 12.1 Å². The number of esters is 1. The van der Waals surface area contributed by atoms with Gasteiger partial charge >= 0.3 is 5.97 Å². The summed E-state index contributed by atoms with van der Waals surface area (Å²) in [5.41, 5.74) is -0.491. The fraction of sp³-hybridized carbons (Fsp3) is 0.263. The highest BCUT2D eigenvalue weighted by molar-refractivity contribution is 5.98. The van der Waals surface area contributed by atoms with Gasteiger partial charge in [-0.2, -0.15) is 0 Å². The number of nitrogens with zero attached hydrogens (tertiary/aromatic N) is 1. The van der Waals surface area contributed by atoms with Gasteiger partial charge in [-0.05, 0) is 19.1 Å². The maximum Gasteiger partial charge on any atom is 0.345 e. The number of nitrogens with one attached hydrogen (secondary N) is 1. The lowest BCUT2D eigenvalue weighted by atomic mass is 10.1. The Balaban J connectivity index is 2.16. The number of nitro groups is 1. The van der Waals surface area contributed by atoms with Crippen molar-refractivity contribution < 1.29 is 33.5 Å². The summed E-state index contributed by atoms with van der Waals surface area (Å²) in [7, 11) is 2.77. The maximum atomic E-state index is 12.4. The Kier molecular flexibility index (Phi) is 7.35. The van der Waals surface area contributed by atoms with E-state index in [1.807, 2.05) is 0 Å². The highest BCUT2D eigenvalue weighted by atomic mass is 16.6. The Morgan fingerprint density at radius 1 is 1.07 bits per heavy atom. The molecule has 0 aliphatic heterocycles. The second kappa shape index (κ2) is 9.93. The number of carbonyl (C=O) groups excluding carboxylic acids is 2. The molecule has 0 atom stereocenters. The quantitative estimate of drug-likeness (QED) is 0.384. The first kappa shape index (κ1) is 21.5. The lowest BCUT2D eigenvalue weighted by molar-refractivity contribution is -0.385. The summed E-state index contributed by atoms with van der Waals surface area (Å²) in [5.74, 6) is -1.01. The molecule has 2 aromatic carbocycles. The van der Waals surface area contributed by atoms with E-state index in [9.17, 15) is 19.7 Å². The van der Waals surface area contributed by atoms with E-state index in [1.54, 1.807) is 31.2 Å². The second-order valence-corrected chi connectivity index (χ2v) is 5.53. The van der Waals surface area contributed by atoms with Crippen molar-refractivity contribution in [3.8, 4) is 17.2 Å². The maximum absolute atomic E-state index is 12.4. The van der Waals surface area contributed by atoms with Crippen molar-refractivity contribution in [2.24, 2.45) is 0 Å². The molecule has 0 saturated carbocycles. The third kappa shape index (κ3) is 5.34. The fourth-order valence-corrected chi connectivity index (χ4v) is 2.43. The van der Waals surface area contributed by atoms with E-state index in [0.29, 0.717) is 11.4 Å². The number of hydrogen-bond acceptors (Lipinski definition) is 8. The average Bonchev–Trinajstić information content (AvgIpc) is 2.72. The zero-order valence-corrected chi connectivity index (χ0v) is 16.1. The van der Waals surface area contributed by atoms with Crippen molar-refractivity contribution in [1.82, 2.24) is 0 Å². The van der Waals surface area contributed by atoms with Crippen molar-refractivity contribution in [3.05, 3.63) is 52.1 Å². The minimum Gasteiger partial charge on any atom is -0.495 e. The number of carbonyl (C=O) groups is 2. The predicted octanol–water partition coefficient (Wildman–Crippen LogP) is 2.81. The molecular formula is C19H20N2O8. The molecule has 0 heterocycles. The zero-order valence-electron chi connectivity index (χ0n) is 16.1. The van der Waals surface area contributed by atoms with E-state index in [-0.39, 0.29) is 23.7 Å². The molecule has 0 aromatic heterocycles. The lowest BCUT2D eigenvalue weighted by Crippen LogP contribution is -2.21. The van der Waals surface area contributed by atoms with Crippen LogP contribution in [-0.4, -0.2) is 44.2 Å². The molecule has 2 rings (SSSR count). The van der Waals surface area contributed by atoms with Crippen molar-refractivity contribution >= 4 is 23.3 Å². The summed E-state index contributed by atoms with van der Waals surface area (Å²) in [4.78, 5) is 35.0. The first-order chi connectivity index (χ1) is 13.9. The van der Waals surface area contributed by atoms with Crippen LogP contribution in [0.5, 0.6) is 17.2 Å². The van der Waals surface area contributed by atoms with Crippen LogP contribution in [0.25, 0.3) is 0 Å². The summed E-state index contributed by atoms with van der Waals surface area (Å²) in [5, 5.41) is 13.9. The molecule has 154 valence electrons. The van der Waals surface area contributed by atoms with Crippen LogP contribution in [-0.2, 0) is 9.53 Å². The molecule has 0 saturated heterocycles. The molecule has 10 nitrogen and oxygen atoms in total. The number of anilines is 1. The number of benzene rings is 2. The van der Waals surface area contributed by atoms with E-state index >= 15 is 0 Å². The molecule has 2 aromatic rings. The van der Waals surface area contributed by atoms with Gasteiger partial charge in [-0.25, -0.2) is 4.79 Å². The van der Waals surface area contributed by atoms with Crippen molar-refractivity contribution in [2.45, 2.75) is 6.92 Å². The van der Waals surface area contributed by atoms with E-state index < -0.39 is 29.1 Å². The molecule has 1 N–H and O–H groups in total. The summed E-state index contributed by atoms with van der Waals surface area (Å²) in [6.45, 7) is 1.31. The number of ether oxygens (including phenoxy) is 4. The third-order valence-electron chi connectivity index (χ3n) is 3.71. The highest BCUT2D eigenvalue weighted by Gasteiger charge is 2.26.